The number of rotatable bonds is 9. The molecule has 0 atom stereocenters. The largest absolute Gasteiger partial charge is 0.314 e. The van der Waals surface area contributed by atoms with Crippen molar-refractivity contribution in [1.29, 1.82) is 0 Å². The lowest BCUT2D eigenvalue weighted by atomic mass is 9.82. The maximum atomic E-state index is 3.95. The van der Waals surface area contributed by atoms with Crippen molar-refractivity contribution in [2.24, 2.45) is 0 Å². The summed E-state index contributed by atoms with van der Waals surface area (Å²) in [4.78, 5) is 2.43. The average Bonchev–Trinajstić information content (AvgIpc) is 3.66. The van der Waals surface area contributed by atoms with Gasteiger partial charge in [0.1, 0.15) is 0 Å². The summed E-state index contributed by atoms with van der Waals surface area (Å²) in [6.07, 6.45) is 10.8. The highest BCUT2D eigenvalue weighted by molar-refractivity contribution is 6.11. The van der Waals surface area contributed by atoms with Gasteiger partial charge < -0.3 is 9.47 Å². The molecule has 6 aromatic carbocycles. The third-order valence-electron chi connectivity index (χ3n) is 11.5. The summed E-state index contributed by atoms with van der Waals surface area (Å²) < 4.78 is 2.40. The van der Waals surface area contributed by atoms with Gasteiger partial charge in [-0.3, -0.25) is 0 Å². The topological polar surface area (TPSA) is 8.17 Å². The first-order valence-electron chi connectivity index (χ1n) is 19.6. The Balaban J connectivity index is 1.34. The number of fused-ring (bicyclic) bond motifs is 6. The van der Waals surface area contributed by atoms with E-state index in [4.69, 9.17) is 0 Å². The lowest BCUT2D eigenvalue weighted by Crippen LogP contribution is -2.18. The van der Waals surface area contributed by atoms with E-state index in [9.17, 15) is 0 Å². The molecule has 7 aromatic rings. The monoisotopic (exact) mass is 726 g/mol. The summed E-state index contributed by atoms with van der Waals surface area (Å²) in [5.41, 5.74) is 19.5. The van der Waals surface area contributed by atoms with Crippen LogP contribution in [0, 0.1) is 0 Å². The van der Waals surface area contributed by atoms with Crippen molar-refractivity contribution < 1.29 is 0 Å². The Labute approximate surface area is 332 Å². The van der Waals surface area contributed by atoms with Crippen LogP contribution in [0.4, 0.5) is 11.4 Å². The molecule has 0 unspecified atom stereocenters. The fourth-order valence-corrected chi connectivity index (χ4v) is 8.26. The van der Waals surface area contributed by atoms with E-state index in [0.29, 0.717) is 0 Å². The van der Waals surface area contributed by atoms with Crippen molar-refractivity contribution in [2.75, 3.05) is 4.90 Å². The van der Waals surface area contributed by atoms with Crippen LogP contribution in [0.25, 0.3) is 55.8 Å². The summed E-state index contributed by atoms with van der Waals surface area (Å²) >= 11 is 0. The Bertz CT molecular complexity index is 2760. The van der Waals surface area contributed by atoms with Crippen LogP contribution in [-0.4, -0.2) is 4.57 Å². The van der Waals surface area contributed by atoms with Gasteiger partial charge in [0.05, 0.1) is 11.0 Å². The minimum absolute atomic E-state index is 0.109. The lowest BCUT2D eigenvalue weighted by Gasteiger charge is -2.28. The number of nitrogens with zero attached hydrogens (tertiary/aromatic N) is 2. The molecule has 2 nitrogen and oxygen atoms in total. The molecule has 0 amide bonds. The standard InChI is InChI=1S/C54H50N2/c1-9-40-23-25-41(26-24-40)42-27-31-52-48(33-42)49-34-44(29-32-53(49)56(52)43-15-11-10-12-16-43)55(39(6)22-21-38(5)37(4)20-19-36(2)3)45-28-30-47-46-17-13-14-18-50(46)54(7,8)51(47)35-45/h9-35H,1H2,2-8H3/b37-20+,38-21+,39-22+. The number of hydrogen-bond donors (Lipinski definition) is 0. The first kappa shape index (κ1) is 36.6. The maximum absolute atomic E-state index is 3.95. The Morgan fingerprint density at radius 1 is 0.554 bits per heavy atom. The summed E-state index contributed by atoms with van der Waals surface area (Å²) in [5, 5.41) is 2.43. The predicted octanol–water partition coefficient (Wildman–Crippen LogP) is 15.3. The number of aromatic nitrogens is 1. The van der Waals surface area contributed by atoms with Crippen LogP contribution in [0.15, 0.2) is 187 Å². The molecule has 1 aliphatic rings. The van der Waals surface area contributed by atoms with E-state index >= 15 is 0 Å². The highest BCUT2D eigenvalue weighted by Crippen LogP contribution is 2.50. The number of anilines is 2. The van der Waals surface area contributed by atoms with Crippen LogP contribution in [0.2, 0.25) is 0 Å². The molecule has 0 fully saturated rings. The molecule has 1 heterocycles. The highest BCUT2D eigenvalue weighted by Gasteiger charge is 2.35. The van der Waals surface area contributed by atoms with E-state index in [-0.39, 0.29) is 5.41 Å². The average molecular weight is 727 g/mol. The third-order valence-corrected chi connectivity index (χ3v) is 11.5. The van der Waals surface area contributed by atoms with E-state index in [1.165, 1.54) is 71.9 Å². The summed E-state index contributed by atoms with van der Waals surface area (Å²) in [7, 11) is 0. The Hall–Kier alpha value is -6.38. The third kappa shape index (κ3) is 6.56. The molecule has 0 radical (unpaired) electrons. The fourth-order valence-electron chi connectivity index (χ4n) is 8.26. The van der Waals surface area contributed by atoms with Crippen molar-refractivity contribution in [1.82, 2.24) is 4.57 Å². The highest BCUT2D eigenvalue weighted by atomic mass is 15.1. The second-order valence-corrected chi connectivity index (χ2v) is 15.9. The first-order valence-corrected chi connectivity index (χ1v) is 19.6. The zero-order chi connectivity index (χ0) is 39.1. The predicted molar refractivity (Wildman–Crippen MR) is 243 cm³/mol. The maximum Gasteiger partial charge on any atom is 0.0542 e. The molecule has 0 saturated carbocycles. The normalized spacial score (nSPS) is 13.8. The molecule has 0 bridgehead atoms. The molecular formula is C54H50N2. The van der Waals surface area contributed by atoms with Crippen molar-refractivity contribution in [3.63, 3.8) is 0 Å². The molecule has 0 spiro atoms. The molecule has 0 N–H and O–H groups in total. The number of para-hydroxylation sites is 1. The van der Waals surface area contributed by atoms with Gasteiger partial charge in [-0.05, 0) is 145 Å². The second-order valence-electron chi connectivity index (χ2n) is 15.9. The molecule has 276 valence electrons. The molecule has 1 aromatic heterocycles. The molecule has 0 saturated heterocycles. The van der Waals surface area contributed by atoms with E-state index in [1.807, 2.05) is 6.08 Å². The first-order chi connectivity index (χ1) is 27.0. The van der Waals surface area contributed by atoms with Gasteiger partial charge in [0.25, 0.3) is 0 Å². The van der Waals surface area contributed by atoms with Crippen LogP contribution >= 0.6 is 0 Å². The van der Waals surface area contributed by atoms with Gasteiger partial charge in [-0.15, -0.1) is 0 Å². The number of benzene rings is 6. The number of hydrogen-bond acceptors (Lipinski definition) is 1. The van der Waals surface area contributed by atoms with Gasteiger partial charge in [-0.1, -0.05) is 129 Å². The van der Waals surface area contributed by atoms with E-state index in [1.54, 1.807) is 0 Å². The van der Waals surface area contributed by atoms with Crippen LogP contribution in [-0.2, 0) is 5.41 Å². The van der Waals surface area contributed by atoms with Gasteiger partial charge in [-0.25, -0.2) is 0 Å². The minimum atomic E-state index is -0.109. The van der Waals surface area contributed by atoms with Crippen LogP contribution < -0.4 is 4.90 Å². The van der Waals surface area contributed by atoms with Gasteiger partial charge in [0.2, 0.25) is 0 Å². The molecule has 1 aliphatic carbocycles. The van der Waals surface area contributed by atoms with Crippen LogP contribution in [0.3, 0.4) is 0 Å². The Morgan fingerprint density at radius 3 is 1.86 bits per heavy atom. The minimum Gasteiger partial charge on any atom is -0.314 e. The van der Waals surface area contributed by atoms with E-state index in [2.05, 4.69) is 222 Å². The van der Waals surface area contributed by atoms with Crippen molar-refractivity contribution in [3.05, 3.63) is 203 Å². The van der Waals surface area contributed by atoms with Crippen molar-refractivity contribution in [2.45, 2.75) is 53.9 Å². The summed E-state index contributed by atoms with van der Waals surface area (Å²) in [6.45, 7) is 19.5. The van der Waals surface area contributed by atoms with Gasteiger partial charge in [0.15, 0.2) is 0 Å². The van der Waals surface area contributed by atoms with Crippen molar-refractivity contribution in [3.8, 4) is 27.9 Å². The quantitative estimate of drug-likeness (QED) is 0.134. The van der Waals surface area contributed by atoms with Gasteiger partial charge in [0, 0.05) is 38.9 Å². The van der Waals surface area contributed by atoms with Gasteiger partial charge >= 0.3 is 0 Å². The molecule has 2 heteroatoms. The Kier molecular flexibility index (Phi) is 9.60. The molecular weight excluding hydrogens is 677 g/mol. The molecule has 0 aliphatic heterocycles. The fraction of sp³-hybridized carbons (Fsp3) is 0.148. The zero-order valence-corrected chi connectivity index (χ0v) is 33.7. The zero-order valence-electron chi connectivity index (χ0n) is 33.7. The van der Waals surface area contributed by atoms with Gasteiger partial charge in [-0.2, -0.15) is 0 Å². The molecule has 56 heavy (non-hydrogen) atoms. The van der Waals surface area contributed by atoms with E-state index < -0.39 is 0 Å². The lowest BCUT2D eigenvalue weighted by molar-refractivity contribution is 0.660. The van der Waals surface area contributed by atoms with E-state index in [0.717, 1.165) is 28.3 Å². The summed E-state index contributed by atoms with van der Waals surface area (Å²) in [6, 6.07) is 49.2. The van der Waals surface area contributed by atoms with Crippen molar-refractivity contribution >= 4 is 39.3 Å². The second kappa shape index (κ2) is 14.7. The number of allylic oxidation sites excluding steroid dienone is 8. The van der Waals surface area contributed by atoms with Crippen LogP contribution in [0.1, 0.15) is 65.2 Å². The SMILES string of the molecule is C=Cc1ccc(-c2ccc3c(c2)c2cc(N(/C(C)=C/C=C(C)/C(C)=C/C=C(C)C)c4ccc5c(c4)C(C)(C)c4ccccc4-5)ccc2n3-c2ccccc2)cc1. The Morgan fingerprint density at radius 2 is 1.14 bits per heavy atom. The van der Waals surface area contributed by atoms with Crippen LogP contribution in [0.5, 0.6) is 0 Å². The molecule has 8 rings (SSSR count). The smallest absolute Gasteiger partial charge is 0.0542 e. The summed E-state index contributed by atoms with van der Waals surface area (Å²) in [5.74, 6) is 0.